The lowest BCUT2D eigenvalue weighted by molar-refractivity contribution is 0.621. The fourth-order valence-corrected chi connectivity index (χ4v) is 6.41. The van der Waals surface area contributed by atoms with Crippen molar-refractivity contribution in [1.29, 1.82) is 0 Å². The van der Waals surface area contributed by atoms with E-state index < -0.39 is 0 Å². The number of furan rings is 1. The molecule has 0 saturated carbocycles. The predicted octanol–water partition coefficient (Wildman–Crippen LogP) is 11.7. The fourth-order valence-electron chi connectivity index (χ4n) is 6.41. The Kier molecular flexibility index (Phi) is 5.78. The van der Waals surface area contributed by atoms with Crippen LogP contribution < -0.4 is 4.90 Å². The highest BCUT2D eigenvalue weighted by molar-refractivity contribution is 6.10. The number of para-hydroxylation sites is 4. The number of nitrogens with zero attached hydrogens (tertiary/aromatic N) is 2. The zero-order valence-electron chi connectivity index (χ0n) is 24.2. The minimum absolute atomic E-state index is 0.625. The number of anilines is 3. The molecule has 0 amide bonds. The van der Waals surface area contributed by atoms with E-state index in [1.165, 1.54) is 0 Å². The van der Waals surface area contributed by atoms with Crippen LogP contribution in [0.5, 0.6) is 0 Å². The first kappa shape index (κ1) is 25.4. The Hall–Kier alpha value is -6.13. The zero-order valence-corrected chi connectivity index (χ0v) is 24.2. The summed E-state index contributed by atoms with van der Waals surface area (Å²) in [4.78, 5) is 7.16. The number of hydrogen-bond acceptors (Lipinski definition) is 4. The first-order valence-corrected chi connectivity index (χ1v) is 15.1. The largest absolute Gasteiger partial charge is 0.454 e. The van der Waals surface area contributed by atoms with Crippen LogP contribution in [-0.2, 0) is 0 Å². The second-order valence-electron chi connectivity index (χ2n) is 11.2. The molecule has 0 unspecified atom stereocenters. The van der Waals surface area contributed by atoms with Crippen LogP contribution in [-0.4, -0.2) is 4.98 Å². The average Bonchev–Trinajstić information content (AvgIpc) is 3.71. The Morgan fingerprint density at radius 3 is 2.00 bits per heavy atom. The Bertz CT molecular complexity index is 2490. The van der Waals surface area contributed by atoms with Gasteiger partial charge in [-0.25, -0.2) is 4.98 Å². The third-order valence-electron chi connectivity index (χ3n) is 8.51. The second kappa shape index (κ2) is 10.2. The molecule has 9 rings (SSSR count). The molecule has 0 bridgehead atoms. The van der Waals surface area contributed by atoms with Crippen molar-refractivity contribution in [2.75, 3.05) is 4.90 Å². The molecule has 2 aromatic heterocycles. The molecule has 0 spiro atoms. The number of oxazole rings is 1. The van der Waals surface area contributed by atoms with Gasteiger partial charge in [0.2, 0.25) is 5.89 Å². The van der Waals surface area contributed by atoms with Gasteiger partial charge in [-0.3, -0.25) is 0 Å². The number of rotatable bonds is 5. The van der Waals surface area contributed by atoms with Crippen LogP contribution in [0.1, 0.15) is 0 Å². The van der Waals surface area contributed by atoms with E-state index in [0.29, 0.717) is 5.89 Å². The molecule has 4 heteroatoms. The molecular weight excluding hydrogens is 552 g/mol. The van der Waals surface area contributed by atoms with Crippen LogP contribution in [0.2, 0.25) is 0 Å². The van der Waals surface area contributed by atoms with Gasteiger partial charge in [0.25, 0.3) is 0 Å². The van der Waals surface area contributed by atoms with Gasteiger partial charge in [-0.05, 0) is 64.9 Å². The molecule has 4 nitrogen and oxygen atoms in total. The minimum Gasteiger partial charge on any atom is -0.454 e. The Morgan fingerprint density at radius 1 is 0.444 bits per heavy atom. The number of aromatic nitrogens is 1. The van der Waals surface area contributed by atoms with Gasteiger partial charge in [0, 0.05) is 33.3 Å². The second-order valence-corrected chi connectivity index (χ2v) is 11.2. The van der Waals surface area contributed by atoms with E-state index in [-0.39, 0.29) is 0 Å². The Balaban J connectivity index is 1.16. The number of hydrogen-bond donors (Lipinski definition) is 0. The van der Waals surface area contributed by atoms with Crippen molar-refractivity contribution in [2.45, 2.75) is 0 Å². The molecule has 0 aliphatic carbocycles. The van der Waals surface area contributed by atoms with Crippen molar-refractivity contribution in [2.24, 2.45) is 0 Å². The van der Waals surface area contributed by atoms with Gasteiger partial charge in [0.15, 0.2) is 11.2 Å². The van der Waals surface area contributed by atoms with E-state index in [1.807, 2.05) is 30.3 Å². The average molecular weight is 579 g/mol. The predicted molar refractivity (Wildman–Crippen MR) is 184 cm³/mol. The van der Waals surface area contributed by atoms with E-state index in [4.69, 9.17) is 13.8 Å². The van der Waals surface area contributed by atoms with Crippen LogP contribution >= 0.6 is 0 Å². The zero-order chi connectivity index (χ0) is 29.7. The lowest BCUT2D eigenvalue weighted by Crippen LogP contribution is -2.10. The third-order valence-corrected chi connectivity index (χ3v) is 8.51. The SMILES string of the molecule is c1ccc(N(c2ccc(-c3cccc4nc(-c5cccc6ccccc56)oc34)cc2)c2cccc3c2oc2ccccc23)cc1. The van der Waals surface area contributed by atoms with Crippen molar-refractivity contribution >= 4 is 60.9 Å². The topological polar surface area (TPSA) is 42.4 Å². The molecule has 2 heterocycles. The first-order chi connectivity index (χ1) is 22.3. The summed E-state index contributed by atoms with van der Waals surface area (Å²) < 4.78 is 13.0. The quantitative estimate of drug-likeness (QED) is 0.204. The van der Waals surface area contributed by atoms with E-state index >= 15 is 0 Å². The molecule has 0 radical (unpaired) electrons. The van der Waals surface area contributed by atoms with E-state index in [0.717, 1.165) is 77.6 Å². The van der Waals surface area contributed by atoms with Crippen molar-refractivity contribution in [3.63, 3.8) is 0 Å². The van der Waals surface area contributed by atoms with Gasteiger partial charge in [0.05, 0.1) is 5.69 Å². The molecule has 0 atom stereocenters. The van der Waals surface area contributed by atoms with Crippen LogP contribution in [0.3, 0.4) is 0 Å². The molecule has 0 aliphatic rings. The van der Waals surface area contributed by atoms with E-state index in [1.54, 1.807) is 0 Å². The maximum Gasteiger partial charge on any atom is 0.227 e. The molecule has 0 fully saturated rings. The molecule has 0 saturated heterocycles. The van der Waals surface area contributed by atoms with Crippen molar-refractivity contribution in [3.8, 4) is 22.6 Å². The van der Waals surface area contributed by atoms with E-state index in [2.05, 4.69) is 132 Å². The molecule has 9 aromatic rings. The summed E-state index contributed by atoms with van der Waals surface area (Å²) in [5.74, 6) is 0.625. The highest BCUT2D eigenvalue weighted by atomic mass is 16.3. The molecule has 212 valence electrons. The number of benzene rings is 7. The molecule has 0 N–H and O–H groups in total. The summed E-state index contributed by atoms with van der Waals surface area (Å²) >= 11 is 0. The summed E-state index contributed by atoms with van der Waals surface area (Å²) in [6, 6.07) is 54.3. The van der Waals surface area contributed by atoms with Crippen molar-refractivity contribution in [3.05, 3.63) is 158 Å². The Morgan fingerprint density at radius 2 is 1.11 bits per heavy atom. The normalized spacial score (nSPS) is 11.6. The fraction of sp³-hybridized carbons (Fsp3) is 0. The molecule has 0 aliphatic heterocycles. The van der Waals surface area contributed by atoms with Gasteiger partial charge in [0.1, 0.15) is 11.1 Å². The lowest BCUT2D eigenvalue weighted by Gasteiger charge is -2.25. The molecule has 45 heavy (non-hydrogen) atoms. The van der Waals surface area contributed by atoms with Gasteiger partial charge in [-0.1, -0.05) is 109 Å². The van der Waals surface area contributed by atoms with Gasteiger partial charge < -0.3 is 13.7 Å². The Labute approximate surface area is 259 Å². The monoisotopic (exact) mass is 578 g/mol. The summed E-state index contributed by atoms with van der Waals surface area (Å²) in [6.45, 7) is 0. The van der Waals surface area contributed by atoms with Crippen molar-refractivity contribution in [1.82, 2.24) is 4.98 Å². The highest BCUT2D eigenvalue weighted by Crippen LogP contribution is 2.43. The van der Waals surface area contributed by atoms with Crippen molar-refractivity contribution < 1.29 is 8.83 Å². The van der Waals surface area contributed by atoms with Crippen LogP contribution in [0.25, 0.3) is 66.4 Å². The maximum absolute atomic E-state index is 6.51. The maximum atomic E-state index is 6.51. The molecular formula is C41H26N2O2. The number of fused-ring (bicyclic) bond motifs is 5. The van der Waals surface area contributed by atoms with Crippen LogP contribution in [0.4, 0.5) is 17.1 Å². The van der Waals surface area contributed by atoms with E-state index in [9.17, 15) is 0 Å². The lowest BCUT2D eigenvalue weighted by atomic mass is 10.0. The van der Waals surface area contributed by atoms with Gasteiger partial charge in [-0.2, -0.15) is 0 Å². The first-order valence-electron chi connectivity index (χ1n) is 15.1. The summed E-state index contributed by atoms with van der Waals surface area (Å²) in [7, 11) is 0. The van der Waals surface area contributed by atoms with Gasteiger partial charge in [-0.15, -0.1) is 0 Å². The molecule has 7 aromatic carbocycles. The van der Waals surface area contributed by atoms with Gasteiger partial charge >= 0.3 is 0 Å². The van der Waals surface area contributed by atoms with Crippen LogP contribution in [0.15, 0.2) is 167 Å². The highest BCUT2D eigenvalue weighted by Gasteiger charge is 2.20. The summed E-state index contributed by atoms with van der Waals surface area (Å²) in [5.41, 5.74) is 9.47. The minimum atomic E-state index is 0.625. The smallest absolute Gasteiger partial charge is 0.227 e. The third kappa shape index (κ3) is 4.19. The standard InChI is InChI=1S/C41H26N2O2/c1-2-13-29(14-3-1)43(37-21-10-18-34-33-16-6-7-22-38(33)44-40(34)37)30-25-23-28(24-26-30)32-17-9-20-36-39(32)45-41(42-36)35-19-8-12-27-11-4-5-15-31(27)35/h1-26H. The van der Waals surface area contributed by atoms with Crippen LogP contribution in [0, 0.1) is 0 Å². The summed E-state index contributed by atoms with van der Waals surface area (Å²) in [5, 5.41) is 4.49. The summed E-state index contributed by atoms with van der Waals surface area (Å²) in [6.07, 6.45) is 0.